The first-order valence-electron chi connectivity index (χ1n) is 8.82. The van der Waals surface area contributed by atoms with Gasteiger partial charge in [0.2, 0.25) is 5.56 Å². The summed E-state index contributed by atoms with van der Waals surface area (Å²) < 4.78 is 0. The Morgan fingerprint density at radius 2 is 1.96 bits per heavy atom. The third-order valence-electron chi connectivity index (χ3n) is 5.64. The molecule has 2 aliphatic rings. The zero-order chi connectivity index (χ0) is 16.3. The van der Waals surface area contributed by atoms with Crippen LogP contribution < -0.4 is 10.9 Å². The molecule has 1 aromatic rings. The summed E-state index contributed by atoms with van der Waals surface area (Å²) in [5, 5.41) is 3.03. The summed E-state index contributed by atoms with van der Waals surface area (Å²) in [7, 11) is 0. The van der Waals surface area contributed by atoms with E-state index in [1.165, 1.54) is 32.1 Å². The largest absolute Gasteiger partial charge is 0.331 e. The number of carbonyl (C=O) groups excluding carboxylic acids is 1. The van der Waals surface area contributed by atoms with Crippen LogP contribution in [0, 0.1) is 5.41 Å². The van der Waals surface area contributed by atoms with Gasteiger partial charge in [0.05, 0.1) is 6.04 Å². The van der Waals surface area contributed by atoms with E-state index in [0.717, 1.165) is 31.5 Å². The predicted molar refractivity (Wildman–Crippen MR) is 90.3 cm³/mol. The van der Waals surface area contributed by atoms with E-state index in [9.17, 15) is 9.59 Å². The average molecular weight is 317 g/mol. The second-order valence-electron chi connectivity index (χ2n) is 7.21. The van der Waals surface area contributed by atoms with Gasteiger partial charge in [-0.25, -0.2) is 4.79 Å². The number of amides is 2. The quantitative estimate of drug-likeness (QED) is 0.880. The highest BCUT2D eigenvalue weighted by molar-refractivity contribution is 5.74. The normalized spacial score (nSPS) is 21.9. The standard InChI is InChI=1S/C18H27N3O2/c1-14(15-5-10-19-16(22)13-15)20-17(23)21-11-4-8-18(9-12-21)6-2-3-7-18/h5,10,13-14H,2-4,6-9,11-12H2,1H3,(H,19,22)(H,20,23). The van der Waals surface area contributed by atoms with E-state index in [2.05, 4.69) is 10.3 Å². The zero-order valence-corrected chi connectivity index (χ0v) is 13.9. The van der Waals surface area contributed by atoms with Gasteiger partial charge in [-0.3, -0.25) is 4.79 Å². The molecule has 5 nitrogen and oxygen atoms in total. The molecule has 0 radical (unpaired) electrons. The Labute approximate surface area is 137 Å². The number of aromatic nitrogens is 1. The molecule has 23 heavy (non-hydrogen) atoms. The van der Waals surface area contributed by atoms with Crippen LogP contribution in [0.5, 0.6) is 0 Å². The molecular formula is C18H27N3O2. The minimum Gasteiger partial charge on any atom is -0.331 e. The van der Waals surface area contributed by atoms with Gasteiger partial charge in [0.25, 0.3) is 0 Å². The topological polar surface area (TPSA) is 65.2 Å². The van der Waals surface area contributed by atoms with Crippen LogP contribution in [0.2, 0.25) is 0 Å². The third kappa shape index (κ3) is 3.77. The van der Waals surface area contributed by atoms with Crippen LogP contribution in [0.15, 0.2) is 23.1 Å². The molecule has 2 heterocycles. The minimum absolute atomic E-state index is 0.00664. The van der Waals surface area contributed by atoms with Gasteiger partial charge in [-0.15, -0.1) is 0 Å². The highest BCUT2D eigenvalue weighted by Crippen LogP contribution is 2.46. The smallest absolute Gasteiger partial charge is 0.317 e. The van der Waals surface area contributed by atoms with Crippen molar-refractivity contribution in [1.29, 1.82) is 0 Å². The number of hydrogen-bond donors (Lipinski definition) is 2. The van der Waals surface area contributed by atoms with Crippen LogP contribution >= 0.6 is 0 Å². The van der Waals surface area contributed by atoms with Crippen LogP contribution in [0.1, 0.15) is 63.5 Å². The lowest BCUT2D eigenvalue weighted by Crippen LogP contribution is -2.41. The zero-order valence-electron chi connectivity index (χ0n) is 13.9. The molecule has 126 valence electrons. The van der Waals surface area contributed by atoms with Crippen LogP contribution in [0.4, 0.5) is 4.79 Å². The molecule has 2 N–H and O–H groups in total. The van der Waals surface area contributed by atoms with Crippen molar-refractivity contribution in [3.05, 3.63) is 34.2 Å². The molecule has 1 atom stereocenters. The number of hydrogen-bond acceptors (Lipinski definition) is 2. The maximum absolute atomic E-state index is 12.6. The van der Waals surface area contributed by atoms with E-state index >= 15 is 0 Å². The lowest BCUT2D eigenvalue weighted by atomic mass is 9.79. The van der Waals surface area contributed by atoms with Gasteiger partial charge in [0.15, 0.2) is 0 Å². The summed E-state index contributed by atoms with van der Waals surface area (Å²) in [6, 6.07) is 3.21. The number of aromatic amines is 1. The average Bonchev–Trinajstić information content (AvgIpc) is 2.88. The van der Waals surface area contributed by atoms with E-state index in [0.29, 0.717) is 5.41 Å². The highest BCUT2D eigenvalue weighted by Gasteiger charge is 2.36. The molecule has 1 saturated carbocycles. The number of pyridine rings is 1. The molecule has 1 aliphatic carbocycles. The Morgan fingerprint density at radius 1 is 1.22 bits per heavy atom. The molecule has 1 aliphatic heterocycles. The molecule has 1 aromatic heterocycles. The maximum atomic E-state index is 12.6. The summed E-state index contributed by atoms with van der Waals surface area (Å²) in [5.74, 6) is 0. The summed E-state index contributed by atoms with van der Waals surface area (Å²) in [6.07, 6.45) is 10.5. The summed E-state index contributed by atoms with van der Waals surface area (Å²) >= 11 is 0. The van der Waals surface area contributed by atoms with Crippen molar-refractivity contribution in [2.45, 2.75) is 57.9 Å². The Hall–Kier alpha value is -1.78. The number of urea groups is 1. The number of rotatable bonds is 2. The van der Waals surface area contributed by atoms with Gasteiger partial charge in [-0.05, 0) is 56.1 Å². The first-order chi connectivity index (χ1) is 11.1. The van der Waals surface area contributed by atoms with E-state index in [1.54, 1.807) is 12.3 Å². The fourth-order valence-corrected chi connectivity index (χ4v) is 4.17. The van der Waals surface area contributed by atoms with Crippen molar-refractivity contribution in [3.8, 4) is 0 Å². The van der Waals surface area contributed by atoms with E-state index < -0.39 is 0 Å². The molecule has 0 bridgehead atoms. The number of H-pyrrole nitrogens is 1. The van der Waals surface area contributed by atoms with Crippen LogP contribution in [0.3, 0.4) is 0 Å². The first kappa shape index (κ1) is 16.1. The minimum atomic E-state index is -0.159. The molecule has 1 spiro atoms. The summed E-state index contributed by atoms with van der Waals surface area (Å²) in [4.78, 5) is 28.5. The second kappa shape index (κ2) is 6.77. The van der Waals surface area contributed by atoms with Gasteiger partial charge < -0.3 is 15.2 Å². The molecule has 2 amide bonds. The molecule has 1 saturated heterocycles. The van der Waals surface area contributed by atoms with E-state index in [-0.39, 0.29) is 17.6 Å². The maximum Gasteiger partial charge on any atom is 0.317 e. The summed E-state index contributed by atoms with van der Waals surface area (Å²) in [6.45, 7) is 3.62. The van der Waals surface area contributed by atoms with Crippen molar-refractivity contribution >= 4 is 6.03 Å². The third-order valence-corrected chi connectivity index (χ3v) is 5.64. The molecule has 1 unspecified atom stereocenters. The lowest BCUT2D eigenvalue weighted by molar-refractivity contribution is 0.191. The highest BCUT2D eigenvalue weighted by atomic mass is 16.2. The number of likely N-dealkylation sites (tertiary alicyclic amines) is 1. The van der Waals surface area contributed by atoms with Crippen LogP contribution in [0.25, 0.3) is 0 Å². The SMILES string of the molecule is CC(NC(=O)N1CCCC2(CCCC2)CC1)c1cc[nH]c(=O)c1. The van der Waals surface area contributed by atoms with Gasteiger partial charge in [0.1, 0.15) is 0 Å². The van der Waals surface area contributed by atoms with Gasteiger partial charge in [-0.2, -0.15) is 0 Å². The van der Waals surface area contributed by atoms with Crippen molar-refractivity contribution in [1.82, 2.24) is 15.2 Å². The van der Waals surface area contributed by atoms with Gasteiger partial charge >= 0.3 is 6.03 Å². The van der Waals surface area contributed by atoms with E-state index in [4.69, 9.17) is 0 Å². The molecule has 0 aromatic carbocycles. The Balaban J connectivity index is 1.58. The second-order valence-corrected chi connectivity index (χ2v) is 7.21. The Bertz CT molecular complexity index is 604. The molecular weight excluding hydrogens is 290 g/mol. The van der Waals surface area contributed by atoms with Crippen molar-refractivity contribution in [3.63, 3.8) is 0 Å². The number of carbonyl (C=O) groups is 1. The van der Waals surface area contributed by atoms with Crippen molar-refractivity contribution < 1.29 is 4.79 Å². The fraction of sp³-hybridized carbons (Fsp3) is 0.667. The lowest BCUT2D eigenvalue weighted by Gasteiger charge is -2.28. The molecule has 3 rings (SSSR count). The number of nitrogens with one attached hydrogen (secondary N) is 2. The van der Waals surface area contributed by atoms with E-state index in [1.807, 2.05) is 17.9 Å². The molecule has 5 heteroatoms. The monoisotopic (exact) mass is 317 g/mol. The van der Waals surface area contributed by atoms with Crippen molar-refractivity contribution in [2.24, 2.45) is 5.41 Å². The van der Waals surface area contributed by atoms with Gasteiger partial charge in [-0.1, -0.05) is 12.8 Å². The predicted octanol–water partition coefficient (Wildman–Crippen LogP) is 3.19. The van der Waals surface area contributed by atoms with Crippen molar-refractivity contribution in [2.75, 3.05) is 13.1 Å². The van der Waals surface area contributed by atoms with Crippen LogP contribution in [-0.2, 0) is 0 Å². The Morgan fingerprint density at radius 3 is 2.70 bits per heavy atom. The molecule has 2 fully saturated rings. The Kier molecular flexibility index (Phi) is 4.74. The summed E-state index contributed by atoms with van der Waals surface area (Å²) in [5.41, 5.74) is 1.21. The number of nitrogens with zero attached hydrogens (tertiary/aromatic N) is 1. The van der Waals surface area contributed by atoms with Crippen LogP contribution in [-0.4, -0.2) is 29.0 Å². The van der Waals surface area contributed by atoms with Gasteiger partial charge in [0, 0.05) is 25.4 Å². The first-order valence-corrected chi connectivity index (χ1v) is 8.82. The fourth-order valence-electron chi connectivity index (χ4n) is 4.17.